The first-order chi connectivity index (χ1) is 24.0. The molecule has 1 aromatic carbocycles. The minimum Gasteiger partial charge on any atom is -0.481 e. The third-order valence-electron chi connectivity index (χ3n) is 15.1. The molecule has 3 N–H and O–H groups in total. The highest BCUT2D eigenvalue weighted by Gasteiger charge is 2.65. The van der Waals surface area contributed by atoms with E-state index >= 15 is 0 Å². The molecule has 0 aromatic heterocycles. The maximum atomic E-state index is 12.9. The Balaban J connectivity index is 0.00000248. The van der Waals surface area contributed by atoms with Crippen LogP contribution in [0.2, 0.25) is 5.02 Å². The number of allylic oxidation sites excluding steroid dienone is 1. The predicted octanol–water partition coefficient (Wildman–Crippen LogP) is 10.1. The van der Waals surface area contributed by atoms with Crippen molar-refractivity contribution in [3.05, 3.63) is 46.0 Å². The maximum absolute atomic E-state index is 12.9. The molecule has 0 spiro atoms. The number of alkyl halides is 1. The van der Waals surface area contributed by atoms with Crippen molar-refractivity contribution in [1.29, 1.82) is 0 Å². The molecule has 0 heterocycles. The summed E-state index contributed by atoms with van der Waals surface area (Å²) >= 11 is 10.7. The van der Waals surface area contributed by atoms with Crippen LogP contribution < -0.4 is 5.32 Å². The lowest BCUT2D eigenvalue weighted by Gasteiger charge is -2.67. The highest BCUT2D eigenvalue weighted by Crippen LogP contribution is 2.72. The number of fused-ring (bicyclic) bond motifs is 7. The number of hydrogen-bond donors (Lipinski definition) is 3. The fourth-order valence-corrected chi connectivity index (χ4v) is 12.6. The van der Waals surface area contributed by atoms with Gasteiger partial charge in [0.05, 0.1) is 17.9 Å². The average Bonchev–Trinajstić information content (AvgIpc) is 3.49. The number of aliphatic hydroxyl groups is 1. The van der Waals surface area contributed by atoms with E-state index in [2.05, 4.69) is 63.7 Å². The zero-order valence-corrected chi connectivity index (χ0v) is 34.0. The molecule has 4 fully saturated rings. The number of carbonyl (C=O) groups excluding carboxylic acids is 1. The van der Waals surface area contributed by atoms with Crippen molar-refractivity contribution < 1.29 is 24.5 Å². The van der Waals surface area contributed by atoms with Crippen LogP contribution in [0.5, 0.6) is 0 Å². The van der Waals surface area contributed by atoms with E-state index in [1.807, 2.05) is 12.1 Å². The molecule has 10 unspecified atom stereocenters. The molecule has 10 atom stereocenters. The number of nitrogens with one attached hydrogen (secondary N) is 1. The van der Waals surface area contributed by atoms with E-state index in [0.29, 0.717) is 36.1 Å². The summed E-state index contributed by atoms with van der Waals surface area (Å²) in [7, 11) is 0. The fourth-order valence-electron chi connectivity index (χ4n) is 12.5. The van der Waals surface area contributed by atoms with Crippen molar-refractivity contribution >= 4 is 35.1 Å². The molecule has 4 saturated carbocycles. The molecule has 51 heavy (non-hydrogen) atoms. The van der Waals surface area contributed by atoms with Crippen LogP contribution in [0.25, 0.3) is 0 Å². The van der Waals surface area contributed by atoms with Crippen LogP contribution in [0.3, 0.4) is 0 Å². The molecule has 6 nitrogen and oxygen atoms in total. The normalized spacial score (nSPS) is 36.5. The molecule has 8 heteroatoms. The number of halogens is 2. The van der Waals surface area contributed by atoms with Crippen molar-refractivity contribution in [3.8, 4) is 0 Å². The average molecular weight is 747 g/mol. The van der Waals surface area contributed by atoms with E-state index in [0.717, 1.165) is 50.1 Å². The summed E-state index contributed by atoms with van der Waals surface area (Å²) in [6.07, 6.45) is 12.0. The van der Waals surface area contributed by atoms with Gasteiger partial charge < -0.3 is 20.3 Å². The molecule has 0 aliphatic heterocycles. The lowest BCUT2D eigenvalue weighted by atomic mass is 9.38. The second-order valence-electron chi connectivity index (χ2n) is 18.4. The van der Waals surface area contributed by atoms with Gasteiger partial charge in [-0.2, -0.15) is 0 Å². The Bertz CT molecular complexity index is 1440. The highest BCUT2D eigenvalue weighted by atomic mass is 35.5. The van der Waals surface area contributed by atoms with Gasteiger partial charge in [-0.3, -0.25) is 9.59 Å². The second-order valence-corrected chi connectivity index (χ2v) is 18.8. The highest BCUT2D eigenvalue weighted by molar-refractivity contribution is 6.30. The number of aliphatic carboxylic acids is 1. The molecule has 0 saturated heterocycles. The molecule has 286 valence electrons. The first-order valence-electron chi connectivity index (χ1n) is 19.7. The van der Waals surface area contributed by atoms with Crippen molar-refractivity contribution in [3.63, 3.8) is 0 Å². The monoisotopic (exact) mass is 745 g/mol. The zero-order chi connectivity index (χ0) is 37.5. The van der Waals surface area contributed by atoms with E-state index in [1.54, 1.807) is 25.0 Å². The van der Waals surface area contributed by atoms with Crippen molar-refractivity contribution in [2.75, 3.05) is 12.9 Å². The number of hydrogen-bond acceptors (Lipinski definition) is 5. The van der Waals surface area contributed by atoms with Gasteiger partial charge in [-0.1, -0.05) is 69.5 Å². The number of esters is 1. The molecular formula is C43H65Cl2NO5. The third kappa shape index (κ3) is 7.43. The minimum atomic E-state index is -1.12. The van der Waals surface area contributed by atoms with E-state index in [9.17, 15) is 19.8 Å². The van der Waals surface area contributed by atoms with E-state index in [4.69, 9.17) is 16.3 Å². The Hall–Kier alpha value is -1.60. The largest absolute Gasteiger partial charge is 0.481 e. The number of carboxylic acid groups (broad SMARTS) is 1. The molecule has 5 aliphatic rings. The van der Waals surface area contributed by atoms with Crippen molar-refractivity contribution in [2.24, 2.45) is 57.2 Å². The lowest BCUT2D eigenvalue weighted by molar-refractivity contribution is -0.193. The SMILES string of the molecule is CC(C)C1=C2C3CCC4C(C)(CCC5C(C)C(OC(=O)CC(C)(C)C(=O)O)CCC54C)C3CCC2(C(O)CNCc2ccc(Cl)cc2)CC1.CCl. The van der Waals surface area contributed by atoms with E-state index < -0.39 is 17.5 Å². The Morgan fingerprint density at radius 1 is 0.961 bits per heavy atom. The Morgan fingerprint density at radius 2 is 1.59 bits per heavy atom. The second kappa shape index (κ2) is 15.6. The lowest BCUT2D eigenvalue weighted by Crippen LogP contribution is -2.61. The van der Waals surface area contributed by atoms with Crippen LogP contribution in [0.4, 0.5) is 0 Å². The summed E-state index contributed by atoms with van der Waals surface area (Å²) in [6, 6.07) is 7.97. The van der Waals surface area contributed by atoms with Gasteiger partial charge in [0.1, 0.15) is 6.10 Å². The van der Waals surface area contributed by atoms with Crippen LogP contribution in [0, 0.1) is 57.2 Å². The van der Waals surface area contributed by atoms with E-state index in [1.165, 1.54) is 37.6 Å². The first kappa shape index (κ1) is 40.6. The van der Waals surface area contributed by atoms with Crippen molar-refractivity contribution in [1.82, 2.24) is 5.32 Å². The number of ether oxygens (including phenoxy) is 1. The van der Waals surface area contributed by atoms with Crippen LogP contribution in [0.15, 0.2) is 35.4 Å². The number of carbonyl (C=O) groups is 2. The number of carboxylic acids is 1. The fraction of sp³-hybridized carbons (Fsp3) is 0.767. The van der Waals surface area contributed by atoms with E-state index in [-0.39, 0.29) is 40.7 Å². The van der Waals surface area contributed by atoms with Gasteiger partial charge in [0.25, 0.3) is 0 Å². The molecule has 6 rings (SSSR count). The molecule has 0 bridgehead atoms. The summed E-state index contributed by atoms with van der Waals surface area (Å²) in [5.41, 5.74) is 3.68. The van der Waals surface area contributed by atoms with Gasteiger partial charge in [-0.05, 0) is 142 Å². The molecular weight excluding hydrogens is 681 g/mol. The maximum Gasteiger partial charge on any atom is 0.309 e. The van der Waals surface area contributed by atoms with Crippen LogP contribution in [0.1, 0.15) is 125 Å². The zero-order valence-electron chi connectivity index (χ0n) is 32.5. The predicted molar refractivity (Wildman–Crippen MR) is 207 cm³/mol. The number of aliphatic hydroxyl groups excluding tert-OH is 1. The molecule has 1 aromatic rings. The van der Waals surface area contributed by atoms with Gasteiger partial charge in [0, 0.05) is 29.9 Å². The first-order valence-corrected chi connectivity index (χ1v) is 20.8. The van der Waals surface area contributed by atoms with Gasteiger partial charge >= 0.3 is 11.9 Å². The van der Waals surface area contributed by atoms with Gasteiger partial charge in [-0.15, -0.1) is 11.6 Å². The van der Waals surface area contributed by atoms with Gasteiger partial charge in [0.15, 0.2) is 0 Å². The van der Waals surface area contributed by atoms with Gasteiger partial charge in [0.2, 0.25) is 0 Å². The summed E-state index contributed by atoms with van der Waals surface area (Å²) in [5.74, 6) is 1.73. The Labute approximate surface area is 317 Å². The third-order valence-corrected chi connectivity index (χ3v) is 15.3. The molecule has 0 radical (unpaired) electrons. The van der Waals surface area contributed by atoms with Gasteiger partial charge in [-0.25, -0.2) is 0 Å². The van der Waals surface area contributed by atoms with Crippen LogP contribution in [-0.2, 0) is 20.9 Å². The Kier molecular flexibility index (Phi) is 12.4. The standard InChI is InChI=1S/C42H62ClNO5.CH3Cl/c1-25(2)29-14-20-42(35(45)24-44-23-27-8-10-28(43)11-9-27)21-16-32-30(37(29)42)12-13-34-40(6)19-17-33(26(3)31(40)15-18-41(32,34)7)49-36(46)22-39(4,5)38(47)48;1-2/h8-11,25-26,30-35,44-45H,12-24H2,1-7H3,(H,47,48);1H3. The number of rotatable bonds is 10. The number of benzene rings is 1. The smallest absolute Gasteiger partial charge is 0.309 e. The van der Waals surface area contributed by atoms with Crippen molar-refractivity contribution in [2.45, 2.75) is 138 Å². The summed E-state index contributed by atoms with van der Waals surface area (Å²) < 4.78 is 6.06. The summed E-state index contributed by atoms with van der Waals surface area (Å²) in [4.78, 5) is 24.6. The topological polar surface area (TPSA) is 95.9 Å². The van der Waals surface area contributed by atoms with Crippen LogP contribution >= 0.6 is 23.2 Å². The Morgan fingerprint density at radius 3 is 2.24 bits per heavy atom. The van der Waals surface area contributed by atoms with Crippen LogP contribution in [-0.4, -0.2) is 47.3 Å². The quantitative estimate of drug-likeness (QED) is 0.125. The summed E-state index contributed by atoms with van der Waals surface area (Å²) in [5, 5.41) is 25.9. The summed E-state index contributed by atoms with van der Waals surface area (Å²) in [6.45, 7) is 16.7. The minimum absolute atomic E-state index is 0.0972. The molecule has 0 amide bonds. The molecule has 5 aliphatic carbocycles.